The lowest BCUT2D eigenvalue weighted by Gasteiger charge is -2.08. The molecule has 2 aromatic rings. The fraction of sp³-hybridized carbons (Fsp3) is 0.125. The molecule has 2 rings (SSSR count). The highest BCUT2D eigenvalue weighted by molar-refractivity contribution is 6.05. The Morgan fingerprint density at radius 2 is 1.86 bits per heavy atom. The zero-order valence-electron chi connectivity index (χ0n) is 11.7. The number of nitrogens with one attached hydrogen (secondary N) is 1. The van der Waals surface area contributed by atoms with Gasteiger partial charge in [0.2, 0.25) is 0 Å². The number of hydrogen-bond donors (Lipinski definition) is 2. The molecular weight excluding hydrogens is 270 g/mol. The number of aromatic hydroxyl groups is 1. The second-order valence-corrected chi connectivity index (χ2v) is 4.48. The predicted molar refractivity (Wildman–Crippen MR) is 79.1 cm³/mol. The van der Waals surface area contributed by atoms with Crippen LogP contribution in [-0.4, -0.2) is 23.9 Å². The monoisotopic (exact) mass is 285 g/mol. The van der Waals surface area contributed by atoms with Crippen LogP contribution in [0.3, 0.4) is 0 Å². The Hall–Kier alpha value is -2.82. The zero-order chi connectivity index (χ0) is 15.4. The highest BCUT2D eigenvalue weighted by Crippen LogP contribution is 2.26. The average molecular weight is 285 g/mol. The topological polar surface area (TPSA) is 75.6 Å². The Labute approximate surface area is 122 Å². The van der Waals surface area contributed by atoms with Crippen LogP contribution in [0.2, 0.25) is 0 Å². The van der Waals surface area contributed by atoms with E-state index < -0.39 is 0 Å². The van der Waals surface area contributed by atoms with Gasteiger partial charge in [-0.15, -0.1) is 0 Å². The molecule has 2 N–H and O–H groups in total. The van der Waals surface area contributed by atoms with Crippen molar-refractivity contribution in [1.29, 1.82) is 0 Å². The summed E-state index contributed by atoms with van der Waals surface area (Å²) in [4.78, 5) is 23.4. The third kappa shape index (κ3) is 3.39. The van der Waals surface area contributed by atoms with Gasteiger partial charge in [0.05, 0.1) is 7.11 Å². The van der Waals surface area contributed by atoms with Crippen molar-refractivity contribution in [3.63, 3.8) is 0 Å². The molecule has 0 unspecified atom stereocenters. The van der Waals surface area contributed by atoms with Crippen molar-refractivity contribution >= 4 is 17.4 Å². The van der Waals surface area contributed by atoms with Crippen molar-refractivity contribution in [2.24, 2.45) is 0 Å². The van der Waals surface area contributed by atoms with Gasteiger partial charge in [-0.05, 0) is 37.3 Å². The lowest BCUT2D eigenvalue weighted by molar-refractivity contribution is 0.101. The summed E-state index contributed by atoms with van der Waals surface area (Å²) in [5.74, 6) is -0.269. The SMILES string of the molecule is COc1ccc(C(=O)Nc2cccc(C(C)=O)c2)cc1O. The van der Waals surface area contributed by atoms with Crippen LogP contribution in [0.5, 0.6) is 11.5 Å². The van der Waals surface area contributed by atoms with Gasteiger partial charge >= 0.3 is 0 Å². The molecule has 0 atom stereocenters. The summed E-state index contributed by atoms with van der Waals surface area (Å²) in [5.41, 5.74) is 1.33. The first kappa shape index (κ1) is 14.6. The number of carbonyl (C=O) groups excluding carboxylic acids is 2. The summed E-state index contributed by atoms with van der Waals surface area (Å²) in [7, 11) is 1.43. The molecule has 0 aliphatic carbocycles. The molecule has 0 aliphatic heterocycles. The largest absolute Gasteiger partial charge is 0.504 e. The van der Waals surface area contributed by atoms with Gasteiger partial charge in [-0.1, -0.05) is 12.1 Å². The summed E-state index contributed by atoms with van der Waals surface area (Å²) in [6.07, 6.45) is 0. The molecule has 21 heavy (non-hydrogen) atoms. The fourth-order valence-electron chi connectivity index (χ4n) is 1.85. The van der Waals surface area contributed by atoms with Gasteiger partial charge in [0.1, 0.15) is 0 Å². The number of anilines is 1. The van der Waals surface area contributed by atoms with E-state index >= 15 is 0 Å². The third-order valence-corrected chi connectivity index (χ3v) is 2.97. The van der Waals surface area contributed by atoms with Crippen molar-refractivity contribution in [2.45, 2.75) is 6.92 Å². The first-order valence-electron chi connectivity index (χ1n) is 6.30. The number of carbonyl (C=O) groups is 2. The van der Waals surface area contributed by atoms with Crippen molar-refractivity contribution in [1.82, 2.24) is 0 Å². The molecule has 0 radical (unpaired) electrons. The number of phenols is 1. The van der Waals surface area contributed by atoms with Crippen molar-refractivity contribution in [2.75, 3.05) is 12.4 Å². The van der Waals surface area contributed by atoms with Gasteiger partial charge in [0, 0.05) is 16.8 Å². The highest BCUT2D eigenvalue weighted by atomic mass is 16.5. The maximum atomic E-state index is 12.1. The maximum Gasteiger partial charge on any atom is 0.255 e. The molecule has 0 aliphatic rings. The molecule has 0 spiro atoms. The van der Waals surface area contributed by atoms with E-state index in [4.69, 9.17) is 4.74 Å². The van der Waals surface area contributed by atoms with Gasteiger partial charge in [-0.25, -0.2) is 0 Å². The fourth-order valence-corrected chi connectivity index (χ4v) is 1.85. The summed E-state index contributed by atoms with van der Waals surface area (Å²) >= 11 is 0. The molecular formula is C16H15NO4. The molecule has 2 aromatic carbocycles. The van der Waals surface area contributed by atoms with Gasteiger partial charge in [0.25, 0.3) is 5.91 Å². The van der Waals surface area contributed by atoms with Gasteiger partial charge in [0.15, 0.2) is 17.3 Å². The van der Waals surface area contributed by atoms with Crippen LogP contribution >= 0.6 is 0 Å². The van der Waals surface area contributed by atoms with Gasteiger partial charge in [-0.3, -0.25) is 9.59 Å². The number of phenolic OH excluding ortho intramolecular Hbond substituents is 1. The first-order chi connectivity index (χ1) is 10.0. The Balaban J connectivity index is 2.20. The van der Waals surface area contributed by atoms with E-state index in [0.29, 0.717) is 22.6 Å². The minimum Gasteiger partial charge on any atom is -0.504 e. The molecule has 0 heterocycles. The van der Waals surface area contributed by atoms with E-state index in [1.807, 2.05) is 0 Å². The van der Waals surface area contributed by atoms with Crippen LogP contribution < -0.4 is 10.1 Å². The number of methoxy groups -OCH3 is 1. The molecule has 0 saturated carbocycles. The Morgan fingerprint density at radius 3 is 2.48 bits per heavy atom. The lowest BCUT2D eigenvalue weighted by Crippen LogP contribution is -2.12. The van der Waals surface area contributed by atoms with Crippen LogP contribution in [0, 0.1) is 0 Å². The quantitative estimate of drug-likeness (QED) is 0.847. The van der Waals surface area contributed by atoms with Crippen molar-refractivity contribution < 1.29 is 19.4 Å². The normalized spacial score (nSPS) is 10.0. The van der Waals surface area contributed by atoms with Crippen LogP contribution in [0.1, 0.15) is 27.6 Å². The van der Waals surface area contributed by atoms with Crippen molar-refractivity contribution in [3.8, 4) is 11.5 Å². The Morgan fingerprint density at radius 1 is 1.10 bits per heavy atom. The first-order valence-corrected chi connectivity index (χ1v) is 6.30. The number of rotatable bonds is 4. The lowest BCUT2D eigenvalue weighted by atomic mass is 10.1. The summed E-state index contributed by atoms with van der Waals surface area (Å²) in [5, 5.41) is 12.3. The number of ether oxygens (including phenoxy) is 1. The van der Waals surface area contributed by atoms with Crippen LogP contribution in [0.25, 0.3) is 0 Å². The van der Waals surface area contributed by atoms with Crippen molar-refractivity contribution in [3.05, 3.63) is 53.6 Å². The van der Waals surface area contributed by atoms with Gasteiger partial charge < -0.3 is 15.2 Å². The second-order valence-electron chi connectivity index (χ2n) is 4.48. The number of amides is 1. The van der Waals surface area contributed by atoms with E-state index in [2.05, 4.69) is 5.32 Å². The maximum absolute atomic E-state index is 12.1. The Bertz CT molecular complexity index is 694. The van der Waals surface area contributed by atoms with Gasteiger partial charge in [-0.2, -0.15) is 0 Å². The summed E-state index contributed by atoms with van der Waals surface area (Å²) in [6, 6.07) is 11.0. The molecule has 0 saturated heterocycles. The molecule has 1 amide bonds. The molecule has 5 heteroatoms. The van der Waals surface area contributed by atoms with Crippen LogP contribution in [0.4, 0.5) is 5.69 Å². The number of benzene rings is 2. The molecule has 0 fully saturated rings. The van der Waals surface area contributed by atoms with E-state index in [0.717, 1.165) is 0 Å². The second kappa shape index (κ2) is 6.09. The van der Waals surface area contributed by atoms with Crippen LogP contribution in [-0.2, 0) is 0 Å². The molecule has 5 nitrogen and oxygen atoms in total. The smallest absolute Gasteiger partial charge is 0.255 e. The molecule has 108 valence electrons. The average Bonchev–Trinajstić information content (AvgIpc) is 2.47. The summed E-state index contributed by atoms with van der Waals surface area (Å²) < 4.78 is 4.92. The number of hydrogen-bond acceptors (Lipinski definition) is 4. The predicted octanol–water partition coefficient (Wildman–Crippen LogP) is 2.86. The van der Waals surface area contributed by atoms with E-state index in [9.17, 15) is 14.7 Å². The standard InChI is InChI=1S/C16H15NO4/c1-10(18)11-4-3-5-13(8-11)17-16(20)12-6-7-15(21-2)14(19)9-12/h3-9,19H,1-2H3,(H,17,20). The highest BCUT2D eigenvalue weighted by Gasteiger charge is 2.10. The number of ketones is 1. The Kier molecular flexibility index (Phi) is 4.23. The zero-order valence-corrected chi connectivity index (χ0v) is 11.7. The summed E-state index contributed by atoms with van der Waals surface area (Å²) in [6.45, 7) is 1.46. The number of Topliss-reactive ketones (excluding diaryl/α,β-unsaturated/α-hetero) is 1. The van der Waals surface area contributed by atoms with E-state index in [1.54, 1.807) is 30.3 Å². The minimum atomic E-state index is -0.381. The third-order valence-electron chi connectivity index (χ3n) is 2.97. The van der Waals surface area contributed by atoms with E-state index in [-0.39, 0.29) is 17.4 Å². The minimum absolute atomic E-state index is 0.0757. The van der Waals surface area contributed by atoms with E-state index in [1.165, 1.54) is 26.2 Å². The van der Waals surface area contributed by atoms with Crippen LogP contribution in [0.15, 0.2) is 42.5 Å². The molecule has 0 aromatic heterocycles. The molecule has 0 bridgehead atoms.